The van der Waals surface area contributed by atoms with E-state index < -0.39 is 20.0 Å². The molecule has 2 aromatic carbocycles. The summed E-state index contributed by atoms with van der Waals surface area (Å²) in [6.07, 6.45) is 1.53. The van der Waals surface area contributed by atoms with E-state index in [1.165, 1.54) is 34.8 Å². The Bertz CT molecular complexity index is 1420. The van der Waals surface area contributed by atoms with Gasteiger partial charge in [0.05, 0.1) is 26.6 Å². The van der Waals surface area contributed by atoms with Crippen LogP contribution in [0.4, 0.5) is 5.69 Å². The second kappa shape index (κ2) is 8.22. The van der Waals surface area contributed by atoms with E-state index in [-0.39, 0.29) is 15.8 Å². The average Bonchev–Trinajstić information content (AvgIpc) is 3.21. The summed E-state index contributed by atoms with van der Waals surface area (Å²) in [5, 5.41) is 13.1. The number of H-pyrrole nitrogens is 1. The molecule has 1 aromatic heterocycles. The van der Waals surface area contributed by atoms with E-state index in [0.717, 1.165) is 5.56 Å². The molecule has 3 N–H and O–H groups in total. The van der Waals surface area contributed by atoms with Crippen LogP contribution in [0.3, 0.4) is 0 Å². The molecule has 1 aliphatic rings. The van der Waals surface area contributed by atoms with Crippen molar-refractivity contribution in [3.63, 3.8) is 0 Å². The number of hydrogen-bond acceptors (Lipinski definition) is 6. The minimum absolute atomic E-state index is 0.0447. The van der Waals surface area contributed by atoms with E-state index in [0.29, 0.717) is 41.8 Å². The van der Waals surface area contributed by atoms with E-state index in [9.17, 15) is 22.1 Å². The summed E-state index contributed by atoms with van der Waals surface area (Å²) in [6.45, 7) is 5.03. The molecule has 0 spiro atoms. The van der Waals surface area contributed by atoms with Gasteiger partial charge in [-0.1, -0.05) is 6.07 Å². The van der Waals surface area contributed by atoms with Gasteiger partial charge in [-0.25, -0.2) is 16.8 Å². The van der Waals surface area contributed by atoms with Gasteiger partial charge >= 0.3 is 0 Å². The number of aromatic amines is 1. The van der Waals surface area contributed by atoms with Crippen LogP contribution in [0.5, 0.6) is 0 Å². The number of fused-ring (bicyclic) bond motifs is 1. The van der Waals surface area contributed by atoms with Crippen molar-refractivity contribution in [3.8, 4) is 6.07 Å². The third kappa shape index (κ3) is 3.98. The average molecular weight is 474 g/mol. The molecule has 11 heteroatoms. The van der Waals surface area contributed by atoms with Crippen molar-refractivity contribution in [2.75, 3.05) is 24.4 Å². The summed E-state index contributed by atoms with van der Waals surface area (Å²) in [5.74, 6) is 0. The SMILES string of the molecule is Cc1ccc(NS(=O)(=O)c2ccc(S(=O)(=O)N3CCNC(C)C3)cc2)c2[nH]cc(C#N)c12. The summed E-state index contributed by atoms with van der Waals surface area (Å²) in [6, 6.07) is 10.7. The third-order valence-corrected chi connectivity index (χ3v) is 8.77. The lowest BCUT2D eigenvalue weighted by molar-refractivity contribution is 0.310. The first-order chi connectivity index (χ1) is 15.1. The van der Waals surface area contributed by atoms with Crippen LogP contribution in [-0.2, 0) is 20.0 Å². The van der Waals surface area contributed by atoms with E-state index in [1.54, 1.807) is 12.1 Å². The van der Waals surface area contributed by atoms with E-state index in [2.05, 4.69) is 21.1 Å². The van der Waals surface area contributed by atoms with Crippen LogP contribution >= 0.6 is 0 Å². The van der Waals surface area contributed by atoms with Gasteiger partial charge in [-0.05, 0) is 49.7 Å². The first-order valence-corrected chi connectivity index (χ1v) is 12.9. The molecule has 1 unspecified atom stereocenters. The Labute approximate surface area is 187 Å². The third-order valence-electron chi connectivity index (χ3n) is 5.51. The maximum Gasteiger partial charge on any atom is 0.261 e. The lowest BCUT2D eigenvalue weighted by atomic mass is 10.1. The predicted octanol–water partition coefficient (Wildman–Crippen LogP) is 2.13. The van der Waals surface area contributed by atoms with Crippen molar-refractivity contribution in [1.82, 2.24) is 14.6 Å². The Morgan fingerprint density at radius 3 is 2.44 bits per heavy atom. The normalized spacial score (nSPS) is 17.8. The van der Waals surface area contributed by atoms with Crippen LogP contribution in [0.2, 0.25) is 0 Å². The summed E-state index contributed by atoms with van der Waals surface area (Å²) in [7, 11) is -7.69. The number of aryl methyl sites for hydroxylation is 1. The standard InChI is InChI=1S/C21H23N5O4S2/c1-14-3-8-19(21-20(14)16(11-22)12-24-21)25-31(27,28)17-4-6-18(7-5-17)32(29,30)26-10-9-23-15(2)13-26/h3-8,12,15,23-25H,9-10,13H2,1-2H3. The Kier molecular flexibility index (Phi) is 5.72. The van der Waals surface area contributed by atoms with Gasteiger partial charge in [-0.15, -0.1) is 0 Å². The molecule has 168 valence electrons. The van der Waals surface area contributed by atoms with Crippen LogP contribution in [0.15, 0.2) is 52.4 Å². The molecule has 0 saturated carbocycles. The molecule has 32 heavy (non-hydrogen) atoms. The molecule has 3 aromatic rings. The van der Waals surface area contributed by atoms with E-state index >= 15 is 0 Å². The number of nitrogens with one attached hydrogen (secondary N) is 3. The van der Waals surface area contributed by atoms with Gasteiger partial charge in [-0.2, -0.15) is 9.57 Å². The number of rotatable bonds is 5. The first-order valence-electron chi connectivity index (χ1n) is 10.0. The smallest absolute Gasteiger partial charge is 0.261 e. The summed E-state index contributed by atoms with van der Waals surface area (Å²) < 4.78 is 55.6. The number of piperazine rings is 1. The fraction of sp³-hybridized carbons (Fsp3) is 0.286. The molecule has 1 atom stereocenters. The fourth-order valence-corrected chi connectivity index (χ4v) is 6.45. The minimum Gasteiger partial charge on any atom is -0.358 e. The maximum atomic E-state index is 13.0. The molecule has 1 saturated heterocycles. The van der Waals surface area contributed by atoms with Crippen molar-refractivity contribution in [3.05, 3.63) is 53.7 Å². The van der Waals surface area contributed by atoms with Crippen molar-refractivity contribution in [1.29, 1.82) is 5.26 Å². The molecule has 2 heterocycles. The van der Waals surface area contributed by atoms with Crippen LogP contribution < -0.4 is 10.0 Å². The van der Waals surface area contributed by atoms with E-state index in [1.807, 2.05) is 13.8 Å². The van der Waals surface area contributed by atoms with Crippen molar-refractivity contribution in [2.24, 2.45) is 0 Å². The van der Waals surface area contributed by atoms with Crippen LogP contribution in [0.25, 0.3) is 10.9 Å². The predicted molar refractivity (Wildman–Crippen MR) is 121 cm³/mol. The number of nitriles is 1. The number of anilines is 1. The molecule has 0 amide bonds. The lowest BCUT2D eigenvalue weighted by Crippen LogP contribution is -2.51. The van der Waals surface area contributed by atoms with Crippen molar-refractivity contribution >= 4 is 36.6 Å². The molecule has 4 rings (SSSR count). The largest absolute Gasteiger partial charge is 0.358 e. The summed E-state index contributed by atoms with van der Waals surface area (Å²) in [5.41, 5.74) is 2.09. The number of nitrogens with zero attached hydrogens (tertiary/aromatic N) is 2. The van der Waals surface area contributed by atoms with Gasteiger partial charge in [0.25, 0.3) is 10.0 Å². The zero-order chi connectivity index (χ0) is 23.1. The molecule has 9 nitrogen and oxygen atoms in total. The quantitative estimate of drug-likeness (QED) is 0.520. The maximum absolute atomic E-state index is 13.0. The molecular weight excluding hydrogens is 450 g/mol. The molecule has 0 bridgehead atoms. The number of sulfonamides is 2. The topological polar surface area (TPSA) is 135 Å². The fourth-order valence-electron chi connectivity index (χ4n) is 3.85. The monoisotopic (exact) mass is 473 g/mol. The van der Waals surface area contributed by atoms with Crippen molar-refractivity contribution in [2.45, 2.75) is 29.7 Å². The highest BCUT2D eigenvalue weighted by molar-refractivity contribution is 7.92. The Hall–Kier alpha value is -2.91. The van der Waals surface area contributed by atoms with Crippen LogP contribution in [-0.4, -0.2) is 51.8 Å². The van der Waals surface area contributed by atoms with Crippen molar-refractivity contribution < 1.29 is 16.8 Å². The minimum atomic E-state index is -3.98. The molecule has 1 aliphatic heterocycles. The summed E-state index contributed by atoms with van der Waals surface area (Å²) >= 11 is 0. The second-order valence-corrected chi connectivity index (χ2v) is 11.4. The Balaban J connectivity index is 1.62. The summed E-state index contributed by atoms with van der Waals surface area (Å²) in [4.78, 5) is 2.94. The molecule has 1 fully saturated rings. The Morgan fingerprint density at radius 2 is 1.78 bits per heavy atom. The zero-order valence-corrected chi connectivity index (χ0v) is 19.2. The molecule has 0 aliphatic carbocycles. The van der Waals surface area contributed by atoms with Gasteiger partial charge in [0.2, 0.25) is 10.0 Å². The van der Waals surface area contributed by atoms with Gasteiger partial charge in [0.15, 0.2) is 0 Å². The van der Waals surface area contributed by atoms with Gasteiger partial charge in [0.1, 0.15) is 6.07 Å². The number of benzene rings is 2. The second-order valence-electron chi connectivity index (χ2n) is 7.79. The van der Waals surface area contributed by atoms with Crippen LogP contribution in [0, 0.1) is 18.3 Å². The zero-order valence-electron chi connectivity index (χ0n) is 17.6. The lowest BCUT2D eigenvalue weighted by Gasteiger charge is -2.31. The van der Waals surface area contributed by atoms with Gasteiger partial charge in [0, 0.05) is 37.3 Å². The first kappa shape index (κ1) is 22.3. The molecule has 0 radical (unpaired) electrons. The highest BCUT2D eigenvalue weighted by Crippen LogP contribution is 2.30. The highest BCUT2D eigenvalue weighted by Gasteiger charge is 2.29. The Morgan fingerprint density at radius 1 is 1.09 bits per heavy atom. The number of aromatic nitrogens is 1. The van der Waals surface area contributed by atoms with Gasteiger partial charge in [-0.3, -0.25) is 4.72 Å². The van der Waals surface area contributed by atoms with E-state index in [4.69, 9.17) is 0 Å². The molecular formula is C21H23N5O4S2. The number of hydrogen-bond donors (Lipinski definition) is 3. The van der Waals surface area contributed by atoms with Gasteiger partial charge < -0.3 is 10.3 Å². The highest BCUT2D eigenvalue weighted by atomic mass is 32.2. The van der Waals surface area contributed by atoms with Crippen LogP contribution in [0.1, 0.15) is 18.1 Å².